The highest BCUT2D eigenvalue weighted by Gasteiger charge is 2.17. The number of pyridine rings is 1. The third-order valence-electron chi connectivity index (χ3n) is 3.66. The minimum Gasteiger partial charge on any atom is -0.478 e. The van der Waals surface area contributed by atoms with E-state index in [4.69, 9.17) is 5.11 Å². The van der Waals surface area contributed by atoms with Crippen LogP contribution < -0.4 is 5.32 Å². The lowest BCUT2D eigenvalue weighted by atomic mass is 10.2. The van der Waals surface area contributed by atoms with Crippen LogP contribution in [0.3, 0.4) is 0 Å². The van der Waals surface area contributed by atoms with Crippen LogP contribution in [0.5, 0.6) is 0 Å². The average Bonchev–Trinajstić information content (AvgIpc) is 3.10. The first-order valence-electron chi connectivity index (χ1n) is 8.19. The third-order valence-corrected chi connectivity index (χ3v) is 4.63. The summed E-state index contributed by atoms with van der Waals surface area (Å²) in [6.45, 7) is 2.48. The van der Waals surface area contributed by atoms with Crippen LogP contribution in [0.15, 0.2) is 53.8 Å². The fourth-order valence-electron chi connectivity index (χ4n) is 2.40. The molecule has 0 aliphatic carbocycles. The molecule has 0 saturated heterocycles. The number of nitrogens with zero attached hydrogens (tertiary/aromatic N) is 4. The largest absolute Gasteiger partial charge is 0.478 e. The Morgan fingerprint density at radius 3 is 2.67 bits per heavy atom. The van der Waals surface area contributed by atoms with Crippen LogP contribution in [0.4, 0.5) is 5.69 Å². The first-order valence-corrected chi connectivity index (χ1v) is 9.17. The lowest BCUT2D eigenvalue weighted by Crippen LogP contribution is -2.14. The van der Waals surface area contributed by atoms with E-state index in [2.05, 4.69) is 20.5 Å². The van der Waals surface area contributed by atoms with E-state index in [0.717, 1.165) is 5.69 Å². The number of amides is 1. The number of para-hydroxylation sites is 1. The molecule has 0 saturated carbocycles. The minimum absolute atomic E-state index is 0.127. The molecule has 0 aliphatic heterocycles. The molecule has 3 aromatic rings. The van der Waals surface area contributed by atoms with E-state index in [9.17, 15) is 9.59 Å². The van der Waals surface area contributed by atoms with E-state index in [1.807, 2.05) is 37.3 Å². The molecule has 0 aliphatic rings. The van der Waals surface area contributed by atoms with E-state index in [1.54, 1.807) is 4.57 Å². The predicted octanol–water partition coefficient (Wildman–Crippen LogP) is 2.79. The number of carboxylic acids is 1. The van der Waals surface area contributed by atoms with Gasteiger partial charge in [-0.2, -0.15) is 0 Å². The molecule has 3 rings (SSSR count). The van der Waals surface area contributed by atoms with Crippen LogP contribution in [-0.4, -0.2) is 42.5 Å². The van der Waals surface area contributed by atoms with Gasteiger partial charge in [-0.1, -0.05) is 30.0 Å². The Labute approximate surface area is 159 Å². The maximum Gasteiger partial charge on any atom is 0.335 e. The number of carbonyl (C=O) groups is 2. The molecule has 0 atom stereocenters. The van der Waals surface area contributed by atoms with Gasteiger partial charge in [-0.05, 0) is 31.2 Å². The Bertz CT molecular complexity index is 959. The first kappa shape index (κ1) is 18.6. The summed E-state index contributed by atoms with van der Waals surface area (Å²) in [5.41, 5.74) is 1.28. The van der Waals surface area contributed by atoms with Gasteiger partial charge in [0.25, 0.3) is 0 Å². The van der Waals surface area contributed by atoms with E-state index in [-0.39, 0.29) is 17.2 Å². The number of thioether (sulfide) groups is 1. The summed E-state index contributed by atoms with van der Waals surface area (Å²) < 4.78 is 1.80. The highest BCUT2D eigenvalue weighted by atomic mass is 32.2. The van der Waals surface area contributed by atoms with Crippen molar-refractivity contribution < 1.29 is 14.7 Å². The fraction of sp³-hybridized carbons (Fsp3) is 0.167. The van der Waals surface area contributed by atoms with Crippen molar-refractivity contribution in [3.05, 3.63) is 54.2 Å². The monoisotopic (exact) mass is 383 g/mol. The molecular formula is C18H17N5O3S. The van der Waals surface area contributed by atoms with Gasteiger partial charge in [-0.15, -0.1) is 10.2 Å². The lowest BCUT2D eigenvalue weighted by molar-refractivity contribution is -0.113. The summed E-state index contributed by atoms with van der Waals surface area (Å²) in [4.78, 5) is 27.5. The Balaban J connectivity index is 1.73. The van der Waals surface area contributed by atoms with Crippen molar-refractivity contribution in [3.8, 4) is 11.5 Å². The molecule has 8 nitrogen and oxygen atoms in total. The number of carbonyl (C=O) groups excluding carboxylic acids is 1. The van der Waals surface area contributed by atoms with Crippen LogP contribution in [0, 0.1) is 0 Å². The molecule has 138 valence electrons. The number of benzene rings is 1. The molecular weight excluding hydrogens is 366 g/mol. The molecule has 2 heterocycles. The van der Waals surface area contributed by atoms with E-state index < -0.39 is 5.97 Å². The lowest BCUT2D eigenvalue weighted by Gasteiger charge is -2.08. The third kappa shape index (κ3) is 4.50. The summed E-state index contributed by atoms with van der Waals surface area (Å²) in [5.74, 6) is -0.542. The van der Waals surface area contributed by atoms with Gasteiger partial charge in [0.15, 0.2) is 11.0 Å². The zero-order chi connectivity index (χ0) is 19.2. The van der Waals surface area contributed by atoms with E-state index in [0.29, 0.717) is 23.2 Å². The molecule has 1 aromatic carbocycles. The summed E-state index contributed by atoms with van der Waals surface area (Å²) in [5, 5.41) is 20.8. The van der Waals surface area contributed by atoms with Crippen LogP contribution in [0.2, 0.25) is 0 Å². The second-order valence-corrected chi connectivity index (χ2v) is 6.43. The zero-order valence-corrected chi connectivity index (χ0v) is 15.3. The molecule has 2 aromatic heterocycles. The van der Waals surface area contributed by atoms with Crippen LogP contribution in [0.1, 0.15) is 17.3 Å². The molecule has 0 spiro atoms. The summed E-state index contributed by atoms with van der Waals surface area (Å²) in [7, 11) is 0. The number of rotatable bonds is 7. The molecule has 0 unspecified atom stereocenters. The SMILES string of the molecule is CCn1c(SCC(=O)Nc2ccccc2)nnc1-c1cc(C(=O)O)ccn1. The number of aromatic carboxylic acids is 1. The molecule has 0 bridgehead atoms. The Morgan fingerprint density at radius 1 is 1.19 bits per heavy atom. The van der Waals surface area contributed by atoms with Crippen LogP contribution >= 0.6 is 11.8 Å². The van der Waals surface area contributed by atoms with Gasteiger partial charge < -0.3 is 15.0 Å². The molecule has 9 heteroatoms. The maximum atomic E-state index is 12.1. The van der Waals surface area contributed by atoms with E-state index in [1.165, 1.54) is 30.1 Å². The van der Waals surface area contributed by atoms with Gasteiger partial charge in [0, 0.05) is 18.4 Å². The number of carboxylic acid groups (broad SMARTS) is 1. The molecule has 2 N–H and O–H groups in total. The van der Waals surface area contributed by atoms with Gasteiger partial charge in [0.05, 0.1) is 11.3 Å². The first-order chi connectivity index (χ1) is 13.1. The number of aromatic nitrogens is 4. The summed E-state index contributed by atoms with van der Waals surface area (Å²) >= 11 is 1.26. The van der Waals surface area contributed by atoms with Crippen molar-refractivity contribution in [2.75, 3.05) is 11.1 Å². The Kier molecular flexibility index (Phi) is 5.82. The predicted molar refractivity (Wildman–Crippen MR) is 102 cm³/mol. The van der Waals surface area contributed by atoms with Crippen molar-refractivity contribution in [2.24, 2.45) is 0 Å². The molecule has 0 radical (unpaired) electrons. The number of anilines is 1. The topological polar surface area (TPSA) is 110 Å². The zero-order valence-electron chi connectivity index (χ0n) is 14.5. The Hall–Kier alpha value is -3.20. The van der Waals surface area contributed by atoms with Crippen LogP contribution in [-0.2, 0) is 11.3 Å². The normalized spacial score (nSPS) is 10.6. The second kappa shape index (κ2) is 8.45. The number of hydrogen-bond donors (Lipinski definition) is 2. The number of hydrogen-bond acceptors (Lipinski definition) is 6. The van der Waals surface area contributed by atoms with Gasteiger partial charge in [-0.25, -0.2) is 4.79 Å². The quantitative estimate of drug-likeness (QED) is 0.604. The van der Waals surface area contributed by atoms with Gasteiger partial charge >= 0.3 is 5.97 Å². The summed E-state index contributed by atoms with van der Waals surface area (Å²) in [6, 6.07) is 12.1. The van der Waals surface area contributed by atoms with Crippen molar-refractivity contribution in [1.29, 1.82) is 0 Å². The highest BCUT2D eigenvalue weighted by molar-refractivity contribution is 7.99. The van der Waals surface area contributed by atoms with Crippen molar-refractivity contribution in [2.45, 2.75) is 18.6 Å². The van der Waals surface area contributed by atoms with E-state index >= 15 is 0 Å². The van der Waals surface area contributed by atoms with Gasteiger partial charge in [-0.3, -0.25) is 9.78 Å². The fourth-order valence-corrected chi connectivity index (χ4v) is 3.21. The Morgan fingerprint density at radius 2 is 1.96 bits per heavy atom. The number of nitrogens with one attached hydrogen (secondary N) is 1. The second-order valence-electron chi connectivity index (χ2n) is 5.49. The van der Waals surface area contributed by atoms with Gasteiger partial charge in [0.1, 0.15) is 5.69 Å². The molecule has 27 heavy (non-hydrogen) atoms. The van der Waals surface area contributed by atoms with Crippen molar-refractivity contribution in [3.63, 3.8) is 0 Å². The van der Waals surface area contributed by atoms with Crippen LogP contribution in [0.25, 0.3) is 11.5 Å². The minimum atomic E-state index is -1.03. The average molecular weight is 383 g/mol. The highest BCUT2D eigenvalue weighted by Crippen LogP contribution is 2.23. The van der Waals surface area contributed by atoms with Crippen molar-refractivity contribution in [1.82, 2.24) is 19.7 Å². The smallest absolute Gasteiger partial charge is 0.335 e. The molecule has 1 amide bonds. The van der Waals surface area contributed by atoms with Gasteiger partial charge in [0.2, 0.25) is 5.91 Å². The molecule has 0 fully saturated rings. The summed E-state index contributed by atoms with van der Waals surface area (Å²) in [6.07, 6.45) is 1.42. The van der Waals surface area contributed by atoms with Crippen molar-refractivity contribution >= 4 is 29.3 Å². The standard InChI is InChI=1S/C18H17N5O3S/c1-2-23-16(14-10-12(17(25)26)8-9-19-14)21-22-18(23)27-11-15(24)20-13-6-4-3-5-7-13/h3-10H,2,11H2,1H3,(H,20,24)(H,25,26). The maximum absolute atomic E-state index is 12.1.